The highest BCUT2D eigenvalue weighted by Crippen LogP contribution is 2.28. The number of guanidine groups is 1. The highest BCUT2D eigenvalue weighted by molar-refractivity contribution is 14.0. The molecule has 1 aliphatic carbocycles. The summed E-state index contributed by atoms with van der Waals surface area (Å²) in [4.78, 5) is 8.98. The maximum Gasteiger partial charge on any atom is 0.191 e. The molecule has 2 N–H and O–H groups in total. The molecule has 0 unspecified atom stereocenters. The number of nitrogens with zero attached hydrogens (tertiary/aromatic N) is 2. The van der Waals surface area contributed by atoms with Gasteiger partial charge in [0.2, 0.25) is 0 Å². The fourth-order valence-corrected chi connectivity index (χ4v) is 2.58. The molecular formula is C15H27IN4OS. The number of hydrogen-bond acceptors (Lipinski definition) is 4. The highest BCUT2D eigenvalue weighted by Gasteiger charge is 2.20. The van der Waals surface area contributed by atoms with Crippen molar-refractivity contribution in [3.63, 3.8) is 0 Å². The van der Waals surface area contributed by atoms with Crippen LogP contribution in [-0.4, -0.2) is 43.8 Å². The fraction of sp³-hybridized carbons (Fsp3) is 0.733. The van der Waals surface area contributed by atoms with Gasteiger partial charge in [0.05, 0.1) is 23.9 Å². The van der Waals surface area contributed by atoms with Crippen LogP contribution in [0.4, 0.5) is 0 Å². The Balaban J connectivity index is 0.00000242. The second kappa shape index (κ2) is 11.2. The average molecular weight is 438 g/mol. The predicted octanol–water partition coefficient (Wildman–Crippen LogP) is 2.59. The van der Waals surface area contributed by atoms with Crippen molar-refractivity contribution in [2.24, 2.45) is 10.9 Å². The summed E-state index contributed by atoms with van der Waals surface area (Å²) in [5.41, 5.74) is 1.15. The van der Waals surface area contributed by atoms with Crippen LogP contribution in [0.3, 0.4) is 0 Å². The van der Waals surface area contributed by atoms with Crippen LogP contribution in [-0.2, 0) is 11.2 Å². The Kier molecular flexibility index (Phi) is 9.98. The van der Waals surface area contributed by atoms with Crippen molar-refractivity contribution in [1.82, 2.24) is 15.6 Å². The molecule has 1 saturated carbocycles. The Morgan fingerprint density at radius 1 is 1.45 bits per heavy atom. The largest absolute Gasteiger partial charge is 0.379 e. The SMILES string of the molecule is CCNC(=NCCOCC1CC1)NCCc1csc(C)n1.I. The minimum Gasteiger partial charge on any atom is -0.379 e. The zero-order valence-electron chi connectivity index (χ0n) is 13.4. The molecule has 0 saturated heterocycles. The Bertz CT molecular complexity index is 449. The summed E-state index contributed by atoms with van der Waals surface area (Å²) in [6.45, 7) is 8.14. The van der Waals surface area contributed by atoms with Crippen molar-refractivity contribution in [3.8, 4) is 0 Å². The molecule has 0 amide bonds. The number of nitrogens with one attached hydrogen (secondary N) is 2. The summed E-state index contributed by atoms with van der Waals surface area (Å²) in [5.74, 6) is 1.68. The Morgan fingerprint density at radius 3 is 2.91 bits per heavy atom. The van der Waals surface area contributed by atoms with Gasteiger partial charge in [0.25, 0.3) is 0 Å². The zero-order valence-corrected chi connectivity index (χ0v) is 16.6. The van der Waals surface area contributed by atoms with Crippen molar-refractivity contribution in [3.05, 3.63) is 16.1 Å². The second-order valence-electron chi connectivity index (χ2n) is 5.31. The maximum absolute atomic E-state index is 5.59. The minimum absolute atomic E-state index is 0. The van der Waals surface area contributed by atoms with Crippen LogP contribution in [0.25, 0.3) is 0 Å². The molecule has 0 spiro atoms. The van der Waals surface area contributed by atoms with E-state index < -0.39 is 0 Å². The van der Waals surface area contributed by atoms with Gasteiger partial charge in [-0.3, -0.25) is 4.99 Å². The van der Waals surface area contributed by atoms with Crippen LogP contribution >= 0.6 is 35.3 Å². The molecule has 1 aromatic rings. The van der Waals surface area contributed by atoms with E-state index in [4.69, 9.17) is 4.74 Å². The summed E-state index contributed by atoms with van der Waals surface area (Å²) in [5, 5.41) is 9.83. The van der Waals surface area contributed by atoms with E-state index in [1.165, 1.54) is 12.8 Å². The quantitative estimate of drug-likeness (QED) is 0.269. The number of hydrogen-bond donors (Lipinski definition) is 2. The van der Waals surface area contributed by atoms with Gasteiger partial charge in [-0.2, -0.15) is 0 Å². The van der Waals surface area contributed by atoms with Crippen LogP contribution in [0.1, 0.15) is 30.5 Å². The lowest BCUT2D eigenvalue weighted by atomic mass is 10.3. The van der Waals surface area contributed by atoms with Crippen LogP contribution in [0, 0.1) is 12.8 Å². The number of aryl methyl sites for hydroxylation is 1. The molecule has 0 radical (unpaired) electrons. The van der Waals surface area contributed by atoms with E-state index in [1.807, 2.05) is 6.92 Å². The van der Waals surface area contributed by atoms with E-state index in [0.29, 0.717) is 13.2 Å². The molecule has 5 nitrogen and oxygen atoms in total. The first-order chi connectivity index (χ1) is 10.3. The van der Waals surface area contributed by atoms with Crippen molar-refractivity contribution < 1.29 is 4.74 Å². The van der Waals surface area contributed by atoms with Gasteiger partial charge >= 0.3 is 0 Å². The number of aromatic nitrogens is 1. The van der Waals surface area contributed by atoms with Gasteiger partial charge in [-0.1, -0.05) is 0 Å². The van der Waals surface area contributed by atoms with Crippen molar-refractivity contribution in [2.75, 3.05) is 32.8 Å². The van der Waals surface area contributed by atoms with Gasteiger partial charge in [0, 0.05) is 31.5 Å². The molecule has 1 fully saturated rings. The molecule has 7 heteroatoms. The summed E-state index contributed by atoms with van der Waals surface area (Å²) in [6.07, 6.45) is 3.60. The number of rotatable bonds is 9. The normalized spacial score (nSPS) is 14.5. The minimum atomic E-state index is 0. The van der Waals surface area contributed by atoms with Crippen LogP contribution < -0.4 is 10.6 Å². The number of halogens is 1. The van der Waals surface area contributed by atoms with Crippen molar-refractivity contribution in [1.29, 1.82) is 0 Å². The van der Waals surface area contributed by atoms with Gasteiger partial charge in [0.1, 0.15) is 0 Å². The van der Waals surface area contributed by atoms with Gasteiger partial charge in [-0.05, 0) is 32.6 Å². The van der Waals surface area contributed by atoms with Crippen molar-refractivity contribution >= 4 is 41.3 Å². The Labute approximate surface area is 154 Å². The molecule has 1 aliphatic rings. The van der Waals surface area contributed by atoms with Crippen LogP contribution in [0.15, 0.2) is 10.4 Å². The smallest absolute Gasteiger partial charge is 0.191 e. The number of ether oxygens (including phenoxy) is 1. The zero-order chi connectivity index (χ0) is 14.9. The topological polar surface area (TPSA) is 58.5 Å². The lowest BCUT2D eigenvalue weighted by molar-refractivity contribution is 0.131. The van der Waals surface area contributed by atoms with E-state index in [2.05, 4.69) is 32.9 Å². The Morgan fingerprint density at radius 2 is 2.27 bits per heavy atom. The molecule has 2 rings (SSSR count). The predicted molar refractivity (Wildman–Crippen MR) is 103 cm³/mol. The first-order valence-electron chi connectivity index (χ1n) is 7.79. The van der Waals surface area contributed by atoms with Crippen LogP contribution in [0.2, 0.25) is 0 Å². The van der Waals surface area contributed by atoms with Gasteiger partial charge in [-0.25, -0.2) is 4.98 Å². The molecule has 1 heterocycles. The standard InChI is InChI=1S/C15H26N4OS.HI/c1-3-16-15(18-8-9-20-10-13-4-5-13)17-7-6-14-11-21-12(2)19-14;/h11,13H,3-10H2,1-2H3,(H2,16,17,18);1H. The summed E-state index contributed by atoms with van der Waals surface area (Å²) < 4.78 is 5.59. The maximum atomic E-state index is 5.59. The summed E-state index contributed by atoms with van der Waals surface area (Å²) in [6, 6.07) is 0. The molecule has 0 atom stereocenters. The molecule has 1 aromatic heterocycles. The third-order valence-corrected chi connectivity index (χ3v) is 4.06. The van der Waals surface area contributed by atoms with E-state index in [9.17, 15) is 0 Å². The number of thiazole rings is 1. The first kappa shape index (κ1) is 19.6. The monoisotopic (exact) mass is 438 g/mol. The molecule has 0 aromatic carbocycles. The molecule has 0 bridgehead atoms. The summed E-state index contributed by atoms with van der Waals surface area (Å²) in [7, 11) is 0. The van der Waals surface area contributed by atoms with E-state index >= 15 is 0 Å². The van der Waals surface area contributed by atoms with Gasteiger partial charge in [-0.15, -0.1) is 35.3 Å². The molecule has 0 aliphatic heterocycles. The number of aliphatic imine (C=N–C) groups is 1. The lowest BCUT2D eigenvalue weighted by Crippen LogP contribution is -2.38. The Hall–Kier alpha value is -0.410. The molecule has 126 valence electrons. The fourth-order valence-electron chi connectivity index (χ4n) is 1.93. The van der Waals surface area contributed by atoms with Crippen molar-refractivity contribution in [2.45, 2.75) is 33.1 Å². The summed E-state index contributed by atoms with van der Waals surface area (Å²) >= 11 is 1.70. The van der Waals surface area contributed by atoms with E-state index in [0.717, 1.165) is 48.7 Å². The third-order valence-electron chi connectivity index (χ3n) is 3.24. The van der Waals surface area contributed by atoms with E-state index in [-0.39, 0.29) is 24.0 Å². The van der Waals surface area contributed by atoms with Gasteiger partial charge < -0.3 is 15.4 Å². The van der Waals surface area contributed by atoms with Gasteiger partial charge in [0.15, 0.2) is 5.96 Å². The molecular weight excluding hydrogens is 411 g/mol. The van der Waals surface area contributed by atoms with E-state index in [1.54, 1.807) is 11.3 Å². The lowest BCUT2D eigenvalue weighted by Gasteiger charge is -2.10. The third kappa shape index (κ3) is 8.28. The second-order valence-corrected chi connectivity index (χ2v) is 6.38. The first-order valence-corrected chi connectivity index (χ1v) is 8.67. The highest BCUT2D eigenvalue weighted by atomic mass is 127. The van der Waals surface area contributed by atoms with Crippen LogP contribution in [0.5, 0.6) is 0 Å². The average Bonchev–Trinajstić information content (AvgIpc) is 3.20. The molecule has 22 heavy (non-hydrogen) atoms.